The lowest BCUT2D eigenvalue weighted by Gasteiger charge is -2.26. The summed E-state index contributed by atoms with van der Waals surface area (Å²) >= 11 is 0. The molecule has 0 aliphatic carbocycles. The molecule has 0 bridgehead atoms. The second-order valence-corrected chi connectivity index (χ2v) is 5.35. The van der Waals surface area contributed by atoms with Gasteiger partial charge in [0, 0.05) is 18.2 Å². The molecule has 1 fully saturated rings. The van der Waals surface area contributed by atoms with Crippen LogP contribution < -0.4 is 10.6 Å². The number of benzene rings is 1. The van der Waals surface area contributed by atoms with E-state index in [0.717, 1.165) is 18.6 Å². The molecule has 2 aromatic rings. The predicted octanol–water partition coefficient (Wildman–Crippen LogP) is 3.19. The van der Waals surface area contributed by atoms with Gasteiger partial charge in [-0.1, -0.05) is 0 Å². The van der Waals surface area contributed by atoms with Crippen LogP contribution in [-0.2, 0) is 0 Å². The first kappa shape index (κ1) is 15.1. The number of hydrogen-bond acceptors (Lipinski definition) is 5. The molecule has 3 rings (SSSR count). The molecule has 1 atom stereocenters. The topological polar surface area (TPSA) is 85.3 Å². The summed E-state index contributed by atoms with van der Waals surface area (Å²) in [7, 11) is 0. The summed E-state index contributed by atoms with van der Waals surface area (Å²) in [4.78, 5) is 16.0. The van der Waals surface area contributed by atoms with E-state index >= 15 is 0 Å². The number of nitrogen functional groups attached to an aromatic ring is 1. The molecular weight excluding hydrogens is 306 g/mol. The first-order chi connectivity index (χ1) is 11.0. The molecule has 6 nitrogen and oxygen atoms in total. The highest BCUT2D eigenvalue weighted by atomic mass is 19.1. The molecule has 0 saturated carbocycles. The Balaban J connectivity index is 1.97. The summed E-state index contributed by atoms with van der Waals surface area (Å²) in [6.07, 6.45) is 1.41. The zero-order valence-electron chi connectivity index (χ0n) is 12.1. The lowest BCUT2D eigenvalue weighted by atomic mass is 10.0. The van der Waals surface area contributed by atoms with Crippen molar-refractivity contribution in [2.45, 2.75) is 18.9 Å². The summed E-state index contributed by atoms with van der Waals surface area (Å²) in [6, 6.07) is 5.71. The number of halogens is 2. The zero-order valence-corrected chi connectivity index (χ0v) is 12.1. The standard InChI is InChI=1S/C15H14F2N4O2/c16-9-3-4-11(17)10(8-9)12-2-1-7-20(12)14-6-5-13(21(22)23)15(18)19-14/h3-6,8,12H,1-2,7H2,(H2,18,19). The number of hydrogen-bond donors (Lipinski definition) is 1. The Morgan fingerprint density at radius 3 is 2.78 bits per heavy atom. The second-order valence-electron chi connectivity index (χ2n) is 5.35. The highest BCUT2D eigenvalue weighted by Gasteiger charge is 2.30. The minimum atomic E-state index is -0.611. The third-order valence-electron chi connectivity index (χ3n) is 3.95. The van der Waals surface area contributed by atoms with Crippen LogP contribution in [0.25, 0.3) is 0 Å². The molecule has 23 heavy (non-hydrogen) atoms. The Bertz CT molecular complexity index is 769. The molecule has 120 valence electrons. The van der Waals surface area contributed by atoms with Gasteiger partial charge in [-0.3, -0.25) is 10.1 Å². The van der Waals surface area contributed by atoms with Gasteiger partial charge in [-0.2, -0.15) is 0 Å². The SMILES string of the molecule is Nc1nc(N2CCCC2c2cc(F)ccc2F)ccc1[N+](=O)[O-]. The van der Waals surface area contributed by atoms with E-state index in [1.807, 2.05) is 0 Å². The minimum absolute atomic E-state index is 0.196. The van der Waals surface area contributed by atoms with Crippen LogP contribution >= 0.6 is 0 Å². The van der Waals surface area contributed by atoms with Crippen molar-refractivity contribution in [1.82, 2.24) is 4.98 Å². The Kier molecular flexibility index (Phi) is 3.81. The third-order valence-corrected chi connectivity index (χ3v) is 3.95. The predicted molar refractivity (Wildman–Crippen MR) is 81.0 cm³/mol. The maximum absolute atomic E-state index is 14.0. The highest BCUT2D eigenvalue weighted by molar-refractivity contribution is 5.59. The molecule has 1 saturated heterocycles. The monoisotopic (exact) mass is 320 g/mol. The van der Waals surface area contributed by atoms with Crippen LogP contribution in [0.1, 0.15) is 24.4 Å². The maximum Gasteiger partial charge on any atom is 0.311 e. The molecule has 0 spiro atoms. The molecule has 1 aromatic carbocycles. The van der Waals surface area contributed by atoms with Gasteiger partial charge >= 0.3 is 5.69 Å². The van der Waals surface area contributed by atoms with Gasteiger partial charge in [0.15, 0.2) is 0 Å². The van der Waals surface area contributed by atoms with Crippen LogP contribution in [0.2, 0.25) is 0 Å². The molecule has 2 N–H and O–H groups in total. The van der Waals surface area contributed by atoms with Crippen LogP contribution in [0.5, 0.6) is 0 Å². The average molecular weight is 320 g/mol. The Morgan fingerprint density at radius 2 is 2.09 bits per heavy atom. The summed E-state index contributed by atoms with van der Waals surface area (Å²) in [5, 5.41) is 10.8. The van der Waals surface area contributed by atoms with Gasteiger partial charge in [-0.15, -0.1) is 0 Å². The molecule has 0 radical (unpaired) electrons. The van der Waals surface area contributed by atoms with Crippen molar-refractivity contribution in [3.63, 3.8) is 0 Å². The van der Waals surface area contributed by atoms with E-state index in [4.69, 9.17) is 5.73 Å². The lowest BCUT2D eigenvalue weighted by molar-refractivity contribution is -0.384. The van der Waals surface area contributed by atoms with Crippen LogP contribution in [0.3, 0.4) is 0 Å². The number of anilines is 2. The highest BCUT2D eigenvalue weighted by Crippen LogP contribution is 2.37. The summed E-state index contributed by atoms with van der Waals surface area (Å²) in [5.74, 6) is -0.778. The molecule has 1 aliphatic heterocycles. The van der Waals surface area contributed by atoms with Crippen LogP contribution in [0.4, 0.5) is 26.1 Å². The molecule has 1 aliphatic rings. The molecule has 1 aromatic heterocycles. The molecular formula is C15H14F2N4O2. The van der Waals surface area contributed by atoms with Crippen molar-refractivity contribution < 1.29 is 13.7 Å². The fraction of sp³-hybridized carbons (Fsp3) is 0.267. The van der Waals surface area contributed by atoms with Gasteiger partial charge in [0.25, 0.3) is 0 Å². The second kappa shape index (κ2) is 5.79. The van der Waals surface area contributed by atoms with Crippen LogP contribution in [-0.4, -0.2) is 16.5 Å². The number of rotatable bonds is 3. The van der Waals surface area contributed by atoms with Gasteiger partial charge in [0.1, 0.15) is 17.5 Å². The van der Waals surface area contributed by atoms with Crippen LogP contribution in [0.15, 0.2) is 30.3 Å². The number of nitro groups is 1. The van der Waals surface area contributed by atoms with Gasteiger partial charge in [0.2, 0.25) is 5.82 Å². The van der Waals surface area contributed by atoms with E-state index < -0.39 is 16.6 Å². The van der Waals surface area contributed by atoms with Crippen molar-refractivity contribution >= 4 is 17.3 Å². The van der Waals surface area contributed by atoms with E-state index in [2.05, 4.69) is 4.98 Å². The molecule has 1 unspecified atom stereocenters. The van der Waals surface area contributed by atoms with Gasteiger partial charge < -0.3 is 10.6 Å². The number of aromatic nitrogens is 1. The first-order valence-electron chi connectivity index (χ1n) is 7.10. The Morgan fingerprint density at radius 1 is 1.30 bits per heavy atom. The van der Waals surface area contributed by atoms with Crippen molar-refractivity contribution in [1.29, 1.82) is 0 Å². The first-order valence-corrected chi connectivity index (χ1v) is 7.10. The van der Waals surface area contributed by atoms with Gasteiger partial charge in [0.05, 0.1) is 11.0 Å². The molecule has 2 heterocycles. The van der Waals surface area contributed by atoms with E-state index in [1.165, 1.54) is 18.2 Å². The summed E-state index contributed by atoms with van der Waals surface area (Å²) < 4.78 is 27.5. The van der Waals surface area contributed by atoms with E-state index in [0.29, 0.717) is 18.8 Å². The quantitative estimate of drug-likeness (QED) is 0.693. The van der Waals surface area contributed by atoms with E-state index in [9.17, 15) is 18.9 Å². The fourth-order valence-electron chi connectivity index (χ4n) is 2.91. The lowest BCUT2D eigenvalue weighted by Crippen LogP contribution is -2.24. The van der Waals surface area contributed by atoms with Crippen molar-refractivity contribution in [3.8, 4) is 0 Å². The number of nitrogens with two attached hydrogens (primary N) is 1. The van der Waals surface area contributed by atoms with E-state index in [-0.39, 0.29) is 23.1 Å². The van der Waals surface area contributed by atoms with Crippen molar-refractivity contribution in [2.24, 2.45) is 0 Å². The molecule has 0 amide bonds. The van der Waals surface area contributed by atoms with Crippen molar-refractivity contribution in [3.05, 3.63) is 57.6 Å². The smallest absolute Gasteiger partial charge is 0.311 e. The third kappa shape index (κ3) is 2.79. The normalized spacial score (nSPS) is 17.5. The minimum Gasteiger partial charge on any atom is -0.378 e. The average Bonchev–Trinajstić information content (AvgIpc) is 2.98. The maximum atomic E-state index is 14.0. The Hall–Kier alpha value is -2.77. The van der Waals surface area contributed by atoms with Gasteiger partial charge in [-0.05, 0) is 37.1 Å². The zero-order chi connectivity index (χ0) is 16.6. The van der Waals surface area contributed by atoms with Gasteiger partial charge in [-0.25, -0.2) is 13.8 Å². The largest absolute Gasteiger partial charge is 0.378 e. The fourth-order valence-corrected chi connectivity index (χ4v) is 2.91. The molecule has 8 heteroatoms. The summed E-state index contributed by atoms with van der Waals surface area (Å²) in [6.45, 7) is 0.588. The van der Waals surface area contributed by atoms with Crippen molar-refractivity contribution in [2.75, 3.05) is 17.2 Å². The number of nitrogens with zero attached hydrogens (tertiary/aromatic N) is 3. The Labute approximate surface area is 130 Å². The van der Waals surface area contributed by atoms with E-state index in [1.54, 1.807) is 4.90 Å². The number of pyridine rings is 1. The summed E-state index contributed by atoms with van der Waals surface area (Å²) in [5.41, 5.74) is 5.59. The van der Waals surface area contributed by atoms with Crippen LogP contribution in [0, 0.1) is 21.7 Å².